The highest BCUT2D eigenvalue weighted by Crippen LogP contribution is 2.35. The van der Waals surface area contributed by atoms with Crippen molar-refractivity contribution in [3.8, 4) is 6.07 Å². The Balaban J connectivity index is 2.47. The third kappa shape index (κ3) is 4.72. The Labute approximate surface area is 181 Å². The monoisotopic (exact) mass is 451 g/mol. The number of nitriles is 1. The average molecular weight is 451 g/mol. The number of likely N-dealkylation sites (N-methyl/N-ethyl adjacent to an activating group) is 1. The van der Waals surface area contributed by atoms with Gasteiger partial charge in [0.2, 0.25) is 0 Å². The van der Waals surface area contributed by atoms with Crippen molar-refractivity contribution in [2.75, 3.05) is 16.8 Å². The van der Waals surface area contributed by atoms with E-state index in [2.05, 4.69) is 0 Å². The lowest BCUT2D eigenvalue weighted by molar-refractivity contribution is -0.137. The van der Waals surface area contributed by atoms with Crippen LogP contribution in [0.1, 0.15) is 35.3 Å². The first-order valence-electron chi connectivity index (χ1n) is 8.77. The Morgan fingerprint density at radius 2 is 1.74 bits per heavy atom. The van der Waals surface area contributed by atoms with Gasteiger partial charge in [-0.1, -0.05) is 12.2 Å². The number of anilines is 2. The first-order valence-corrected chi connectivity index (χ1v) is 9.24. The summed E-state index contributed by atoms with van der Waals surface area (Å²) < 4.78 is 53.9. The van der Waals surface area contributed by atoms with Crippen LogP contribution in [0.2, 0.25) is 0 Å². The topological polar surface area (TPSA) is 64.4 Å². The molecule has 0 atom stereocenters. The number of halogens is 4. The van der Waals surface area contributed by atoms with Crippen molar-refractivity contribution in [1.82, 2.24) is 0 Å². The van der Waals surface area contributed by atoms with Crippen LogP contribution < -0.4 is 9.80 Å². The normalized spacial score (nSPS) is 11.4. The fourth-order valence-electron chi connectivity index (χ4n) is 2.82. The lowest BCUT2D eigenvalue weighted by Crippen LogP contribution is -2.55. The second-order valence-electron chi connectivity index (χ2n) is 7.06. The van der Waals surface area contributed by atoms with Crippen LogP contribution in [0.5, 0.6) is 0 Å². The number of aldehydes is 1. The van der Waals surface area contributed by atoms with Crippen molar-refractivity contribution in [2.45, 2.75) is 25.6 Å². The zero-order valence-corrected chi connectivity index (χ0v) is 17.5. The van der Waals surface area contributed by atoms with Crippen LogP contribution in [0.15, 0.2) is 36.4 Å². The molecule has 2 rings (SSSR count). The third-order valence-corrected chi connectivity index (χ3v) is 5.10. The van der Waals surface area contributed by atoms with Crippen molar-refractivity contribution >= 4 is 41.3 Å². The highest BCUT2D eigenvalue weighted by atomic mass is 32.1. The van der Waals surface area contributed by atoms with E-state index >= 15 is 0 Å². The Morgan fingerprint density at radius 3 is 2.23 bits per heavy atom. The van der Waals surface area contributed by atoms with Crippen LogP contribution in [0.3, 0.4) is 0 Å². The minimum absolute atomic E-state index is 0.154. The largest absolute Gasteiger partial charge is 0.417 e. The minimum atomic E-state index is -4.80. The van der Waals surface area contributed by atoms with E-state index in [1.165, 1.54) is 50.1 Å². The predicted molar refractivity (Wildman–Crippen MR) is 112 cm³/mol. The molecule has 10 heteroatoms. The number of hydrogen-bond acceptors (Lipinski definition) is 5. The quantitative estimate of drug-likeness (QED) is 0.361. The lowest BCUT2D eigenvalue weighted by atomic mass is 9.99. The van der Waals surface area contributed by atoms with E-state index in [1.54, 1.807) is 0 Å². The minimum Gasteiger partial charge on any atom is -0.361 e. The maximum atomic E-state index is 14.0. The summed E-state index contributed by atoms with van der Waals surface area (Å²) in [5, 5.41) is 8.95. The summed E-state index contributed by atoms with van der Waals surface area (Å²) in [6.45, 7) is 2.97. The Hall–Kier alpha value is -3.32. The molecule has 162 valence electrons. The molecule has 5 nitrogen and oxygen atoms in total. The summed E-state index contributed by atoms with van der Waals surface area (Å²) in [4.78, 5) is 26.3. The van der Waals surface area contributed by atoms with E-state index in [4.69, 9.17) is 17.5 Å². The number of nitrogens with zero attached hydrogens (tertiary/aromatic N) is 3. The van der Waals surface area contributed by atoms with Crippen molar-refractivity contribution in [3.05, 3.63) is 58.9 Å². The Bertz CT molecular complexity index is 1080. The van der Waals surface area contributed by atoms with E-state index in [-0.39, 0.29) is 16.9 Å². The summed E-state index contributed by atoms with van der Waals surface area (Å²) in [5.41, 5.74) is -2.32. The molecular weight excluding hydrogens is 434 g/mol. The van der Waals surface area contributed by atoms with Crippen molar-refractivity contribution in [1.29, 1.82) is 5.26 Å². The molecule has 0 aliphatic heterocycles. The van der Waals surface area contributed by atoms with Gasteiger partial charge in [-0.3, -0.25) is 14.5 Å². The second kappa shape index (κ2) is 8.81. The van der Waals surface area contributed by atoms with Gasteiger partial charge >= 0.3 is 6.18 Å². The molecule has 0 aromatic heterocycles. The molecule has 2 aromatic carbocycles. The van der Waals surface area contributed by atoms with E-state index in [0.29, 0.717) is 12.4 Å². The molecule has 0 bridgehead atoms. The summed E-state index contributed by atoms with van der Waals surface area (Å²) in [7, 11) is 1.49. The Morgan fingerprint density at radius 1 is 1.13 bits per heavy atom. The average Bonchev–Trinajstić information content (AvgIpc) is 2.72. The maximum absolute atomic E-state index is 14.0. The van der Waals surface area contributed by atoms with Crippen LogP contribution in [-0.4, -0.2) is 30.3 Å². The molecule has 2 aromatic rings. The highest BCUT2D eigenvalue weighted by Gasteiger charge is 2.38. The van der Waals surface area contributed by atoms with E-state index < -0.39 is 34.6 Å². The molecule has 1 amide bonds. The number of benzene rings is 2. The fraction of sp³-hybridized carbons (Fsp3) is 0.238. The lowest BCUT2D eigenvalue weighted by Gasteiger charge is -2.38. The zero-order chi connectivity index (χ0) is 23.6. The second-order valence-corrected chi connectivity index (χ2v) is 7.27. The van der Waals surface area contributed by atoms with Gasteiger partial charge in [0.25, 0.3) is 5.91 Å². The van der Waals surface area contributed by atoms with Gasteiger partial charge in [-0.2, -0.15) is 18.4 Å². The molecule has 0 aliphatic carbocycles. The number of alkyl halides is 3. The highest BCUT2D eigenvalue weighted by molar-refractivity contribution is 7.79. The van der Waals surface area contributed by atoms with Gasteiger partial charge in [0.15, 0.2) is 6.29 Å². The van der Waals surface area contributed by atoms with Crippen LogP contribution in [0, 0.1) is 17.1 Å². The summed E-state index contributed by atoms with van der Waals surface area (Å²) in [5.74, 6) is -1.47. The van der Waals surface area contributed by atoms with E-state index in [9.17, 15) is 27.2 Å². The smallest absolute Gasteiger partial charge is 0.361 e. The van der Waals surface area contributed by atoms with Crippen LogP contribution in [0.4, 0.5) is 28.9 Å². The molecule has 0 spiro atoms. The SMILES string of the molecule is CN(c1ccc(C=O)c(F)c1)C(C)(C)C(=O)N(C=S)c1ccc(C#N)c(C(F)(F)F)c1. The van der Waals surface area contributed by atoms with Crippen molar-refractivity contribution in [3.63, 3.8) is 0 Å². The molecule has 0 unspecified atom stereocenters. The maximum Gasteiger partial charge on any atom is 0.417 e. The van der Waals surface area contributed by atoms with Crippen LogP contribution >= 0.6 is 12.2 Å². The number of carbonyl (C=O) groups is 2. The molecule has 0 aliphatic rings. The van der Waals surface area contributed by atoms with Crippen LogP contribution in [0.25, 0.3) is 0 Å². The molecular formula is C21H17F4N3O2S. The number of hydrogen-bond donors (Lipinski definition) is 0. The van der Waals surface area contributed by atoms with Gasteiger partial charge in [-0.15, -0.1) is 0 Å². The zero-order valence-electron chi connectivity index (χ0n) is 16.7. The summed E-state index contributed by atoms with van der Waals surface area (Å²) >= 11 is 4.87. The van der Waals surface area contributed by atoms with Gasteiger partial charge < -0.3 is 4.90 Å². The molecule has 31 heavy (non-hydrogen) atoms. The molecule has 0 saturated carbocycles. The number of amides is 1. The first-order chi connectivity index (χ1) is 14.4. The summed E-state index contributed by atoms with van der Waals surface area (Å²) in [6.07, 6.45) is -4.45. The van der Waals surface area contributed by atoms with Gasteiger partial charge in [-0.25, -0.2) is 4.39 Å². The molecule has 0 radical (unpaired) electrons. The van der Waals surface area contributed by atoms with E-state index in [0.717, 1.165) is 22.5 Å². The number of rotatable bonds is 6. The fourth-order valence-corrected chi connectivity index (χ4v) is 3.04. The molecule has 0 fully saturated rings. The van der Waals surface area contributed by atoms with Crippen molar-refractivity contribution < 1.29 is 27.2 Å². The first kappa shape index (κ1) is 24.0. The third-order valence-electron chi connectivity index (χ3n) is 4.89. The Kier molecular flexibility index (Phi) is 6.81. The molecule has 0 N–H and O–H groups in total. The standard InChI is InChI=1S/C21H17F4N3O2S/c1-20(2,27(3)15-6-5-14(11-29)18(22)9-15)19(30)28(12-31)16-7-4-13(10-26)17(8-16)21(23,24)25/h4-9,11-12H,1-3H3. The van der Waals surface area contributed by atoms with Gasteiger partial charge in [0.1, 0.15) is 11.4 Å². The number of thiocarbonyl (C=S) groups is 1. The van der Waals surface area contributed by atoms with Gasteiger partial charge in [0, 0.05) is 18.4 Å². The number of carbonyl (C=O) groups excluding carboxylic acids is 2. The van der Waals surface area contributed by atoms with E-state index in [1.807, 2.05) is 0 Å². The summed E-state index contributed by atoms with van der Waals surface area (Å²) in [6, 6.07) is 8.05. The van der Waals surface area contributed by atoms with Crippen LogP contribution in [-0.2, 0) is 11.0 Å². The van der Waals surface area contributed by atoms with Gasteiger partial charge in [0.05, 0.1) is 28.3 Å². The van der Waals surface area contributed by atoms with Gasteiger partial charge in [-0.05, 0) is 50.2 Å². The predicted octanol–water partition coefficient (Wildman–Crippen LogP) is 4.73. The molecule has 0 saturated heterocycles. The molecule has 0 heterocycles. The van der Waals surface area contributed by atoms with Crippen molar-refractivity contribution in [2.24, 2.45) is 0 Å².